The Morgan fingerprint density at radius 2 is 2.19 bits per heavy atom. The van der Waals surface area contributed by atoms with Gasteiger partial charge < -0.3 is 21.6 Å². The molecule has 1 unspecified atom stereocenters. The Kier molecular flexibility index (Phi) is 8.24. The van der Waals surface area contributed by atoms with Crippen LogP contribution in [0, 0.1) is 5.92 Å². The first-order chi connectivity index (χ1) is 7.61. The number of carbonyl (C=O) groups is 1. The number of nitrogens with two attached hydrogens (primary N) is 1. The Morgan fingerprint density at radius 1 is 1.50 bits per heavy atom. The molecule has 6 nitrogen and oxygen atoms in total. The maximum absolute atomic E-state index is 11.2. The van der Waals surface area contributed by atoms with Crippen LogP contribution >= 0.6 is 0 Å². The Morgan fingerprint density at radius 3 is 2.75 bits per heavy atom. The molecular formula is C10H22N4O2. The summed E-state index contributed by atoms with van der Waals surface area (Å²) in [6.45, 7) is 5.77. The molecule has 0 saturated heterocycles. The molecule has 0 spiro atoms. The van der Waals surface area contributed by atoms with E-state index in [4.69, 9.17) is 10.9 Å². The summed E-state index contributed by atoms with van der Waals surface area (Å²) in [5, 5.41) is 17.2. The molecule has 94 valence electrons. The van der Waals surface area contributed by atoms with Crippen molar-refractivity contribution in [3.8, 4) is 0 Å². The standard InChI is InChI=1S/C10H22N4O2/c1-3-5-13-9(15)4-6-12-7-8(2)10(11)14-16/h8,12,16H,3-7H2,1-2H3,(H2,11,14)(H,13,15). The second-order valence-electron chi connectivity index (χ2n) is 3.73. The largest absolute Gasteiger partial charge is 0.409 e. The van der Waals surface area contributed by atoms with E-state index in [9.17, 15) is 4.79 Å². The van der Waals surface area contributed by atoms with E-state index in [1.807, 2.05) is 13.8 Å². The number of amides is 1. The third kappa shape index (κ3) is 7.05. The summed E-state index contributed by atoms with van der Waals surface area (Å²) >= 11 is 0. The summed E-state index contributed by atoms with van der Waals surface area (Å²) in [5.74, 6) is 0.206. The van der Waals surface area contributed by atoms with Crippen molar-refractivity contribution in [3.63, 3.8) is 0 Å². The third-order valence-electron chi connectivity index (χ3n) is 2.17. The Hall–Kier alpha value is -1.30. The molecule has 1 amide bonds. The van der Waals surface area contributed by atoms with Gasteiger partial charge in [-0.1, -0.05) is 19.0 Å². The number of hydrogen-bond acceptors (Lipinski definition) is 4. The van der Waals surface area contributed by atoms with Crippen molar-refractivity contribution in [3.05, 3.63) is 0 Å². The second kappa shape index (κ2) is 8.96. The summed E-state index contributed by atoms with van der Waals surface area (Å²) in [6.07, 6.45) is 1.39. The van der Waals surface area contributed by atoms with E-state index in [1.165, 1.54) is 0 Å². The maximum atomic E-state index is 11.2. The van der Waals surface area contributed by atoms with Gasteiger partial charge in [0.05, 0.1) is 0 Å². The van der Waals surface area contributed by atoms with E-state index in [-0.39, 0.29) is 17.7 Å². The van der Waals surface area contributed by atoms with Crippen molar-refractivity contribution in [1.82, 2.24) is 10.6 Å². The van der Waals surface area contributed by atoms with Crippen molar-refractivity contribution in [1.29, 1.82) is 0 Å². The lowest BCUT2D eigenvalue weighted by Crippen LogP contribution is -2.34. The molecule has 0 aliphatic carbocycles. The molecule has 0 aliphatic rings. The van der Waals surface area contributed by atoms with Crippen LogP contribution in [-0.2, 0) is 4.79 Å². The van der Waals surface area contributed by atoms with Crippen LogP contribution < -0.4 is 16.4 Å². The van der Waals surface area contributed by atoms with Crippen LogP contribution in [-0.4, -0.2) is 36.6 Å². The van der Waals surface area contributed by atoms with Gasteiger partial charge >= 0.3 is 0 Å². The van der Waals surface area contributed by atoms with Gasteiger partial charge in [-0.3, -0.25) is 4.79 Å². The lowest BCUT2D eigenvalue weighted by molar-refractivity contribution is -0.120. The molecule has 0 aromatic heterocycles. The molecule has 0 aliphatic heterocycles. The molecule has 0 radical (unpaired) electrons. The first kappa shape index (κ1) is 14.7. The lowest BCUT2D eigenvalue weighted by Gasteiger charge is -2.10. The molecule has 1 atom stereocenters. The first-order valence-corrected chi connectivity index (χ1v) is 5.56. The zero-order valence-electron chi connectivity index (χ0n) is 9.99. The smallest absolute Gasteiger partial charge is 0.221 e. The number of oxime groups is 1. The van der Waals surface area contributed by atoms with E-state index < -0.39 is 0 Å². The van der Waals surface area contributed by atoms with Crippen LogP contribution in [0.4, 0.5) is 0 Å². The monoisotopic (exact) mass is 230 g/mol. The summed E-state index contributed by atoms with van der Waals surface area (Å²) < 4.78 is 0. The third-order valence-corrected chi connectivity index (χ3v) is 2.17. The molecular weight excluding hydrogens is 208 g/mol. The Bertz CT molecular complexity index is 231. The number of carbonyl (C=O) groups excluding carboxylic acids is 1. The van der Waals surface area contributed by atoms with Crippen molar-refractivity contribution in [2.75, 3.05) is 19.6 Å². The van der Waals surface area contributed by atoms with E-state index in [0.717, 1.165) is 13.0 Å². The minimum atomic E-state index is -0.0382. The number of amidine groups is 1. The zero-order chi connectivity index (χ0) is 12.4. The highest BCUT2D eigenvalue weighted by Crippen LogP contribution is 1.91. The molecule has 0 bridgehead atoms. The average molecular weight is 230 g/mol. The molecule has 5 N–H and O–H groups in total. The van der Waals surface area contributed by atoms with Crippen LogP contribution in [0.1, 0.15) is 26.7 Å². The quantitative estimate of drug-likeness (QED) is 0.153. The summed E-state index contributed by atoms with van der Waals surface area (Å²) in [5.41, 5.74) is 5.40. The molecule has 0 aromatic carbocycles. The van der Waals surface area contributed by atoms with E-state index in [1.54, 1.807) is 0 Å². The number of rotatable bonds is 8. The number of hydrogen-bond donors (Lipinski definition) is 4. The highest BCUT2D eigenvalue weighted by Gasteiger charge is 2.06. The van der Waals surface area contributed by atoms with Crippen molar-refractivity contribution in [2.45, 2.75) is 26.7 Å². The summed E-state index contributed by atoms with van der Waals surface area (Å²) in [4.78, 5) is 11.2. The van der Waals surface area contributed by atoms with E-state index >= 15 is 0 Å². The highest BCUT2D eigenvalue weighted by molar-refractivity contribution is 5.82. The summed E-state index contributed by atoms with van der Waals surface area (Å²) in [7, 11) is 0. The second-order valence-corrected chi connectivity index (χ2v) is 3.73. The topological polar surface area (TPSA) is 99.7 Å². The molecule has 0 fully saturated rings. The van der Waals surface area contributed by atoms with Gasteiger partial charge in [0, 0.05) is 32.0 Å². The molecule has 6 heteroatoms. The first-order valence-electron chi connectivity index (χ1n) is 5.56. The number of nitrogens with one attached hydrogen (secondary N) is 2. The zero-order valence-corrected chi connectivity index (χ0v) is 9.99. The van der Waals surface area contributed by atoms with Crippen molar-refractivity contribution < 1.29 is 10.0 Å². The van der Waals surface area contributed by atoms with Crippen LogP contribution in [0.5, 0.6) is 0 Å². The predicted octanol–water partition coefficient (Wildman–Crippen LogP) is -0.125. The van der Waals surface area contributed by atoms with Crippen LogP contribution in [0.15, 0.2) is 5.16 Å². The fourth-order valence-corrected chi connectivity index (χ4v) is 1.08. The highest BCUT2D eigenvalue weighted by atomic mass is 16.4. The van der Waals surface area contributed by atoms with Gasteiger partial charge in [0.15, 0.2) is 0 Å². The van der Waals surface area contributed by atoms with Gasteiger partial charge in [-0.05, 0) is 6.42 Å². The molecule has 0 heterocycles. The molecule has 0 saturated carbocycles. The Balaban J connectivity index is 3.49. The average Bonchev–Trinajstić information content (AvgIpc) is 2.30. The molecule has 16 heavy (non-hydrogen) atoms. The molecule has 0 aromatic rings. The van der Waals surface area contributed by atoms with Gasteiger partial charge in [-0.2, -0.15) is 0 Å². The van der Waals surface area contributed by atoms with Crippen LogP contribution in [0.25, 0.3) is 0 Å². The predicted molar refractivity (Wildman–Crippen MR) is 63.4 cm³/mol. The number of nitrogens with zero attached hydrogens (tertiary/aromatic N) is 1. The van der Waals surface area contributed by atoms with Gasteiger partial charge in [-0.15, -0.1) is 0 Å². The fourth-order valence-electron chi connectivity index (χ4n) is 1.08. The van der Waals surface area contributed by atoms with E-state index in [0.29, 0.717) is 19.5 Å². The SMILES string of the molecule is CCCNC(=O)CCNCC(C)C(N)=NO. The van der Waals surface area contributed by atoms with Crippen molar-refractivity contribution in [2.24, 2.45) is 16.8 Å². The van der Waals surface area contributed by atoms with Crippen molar-refractivity contribution >= 4 is 11.7 Å². The normalized spacial score (nSPS) is 13.5. The lowest BCUT2D eigenvalue weighted by atomic mass is 10.1. The van der Waals surface area contributed by atoms with Crippen LogP contribution in [0.3, 0.4) is 0 Å². The van der Waals surface area contributed by atoms with Gasteiger partial charge in [0.1, 0.15) is 5.84 Å². The van der Waals surface area contributed by atoms with Gasteiger partial charge in [0.2, 0.25) is 5.91 Å². The maximum Gasteiger partial charge on any atom is 0.221 e. The van der Waals surface area contributed by atoms with Crippen LogP contribution in [0.2, 0.25) is 0 Å². The minimum Gasteiger partial charge on any atom is -0.409 e. The van der Waals surface area contributed by atoms with E-state index in [2.05, 4.69) is 15.8 Å². The van der Waals surface area contributed by atoms with Gasteiger partial charge in [-0.25, -0.2) is 0 Å². The van der Waals surface area contributed by atoms with Gasteiger partial charge in [0.25, 0.3) is 0 Å². The Labute approximate surface area is 96.3 Å². The fraction of sp³-hybridized carbons (Fsp3) is 0.800. The molecule has 0 rings (SSSR count). The minimum absolute atomic E-state index is 0.0382. The summed E-state index contributed by atoms with van der Waals surface area (Å²) in [6, 6.07) is 0.